The molecule has 1 aliphatic heterocycles. The fourth-order valence-corrected chi connectivity index (χ4v) is 4.30. The van der Waals surface area contributed by atoms with Gasteiger partial charge in [-0.1, -0.05) is 40.2 Å². The topological polar surface area (TPSA) is 67.9 Å². The number of urea groups is 1. The number of nitrogens with one attached hydrogen (secondary N) is 1. The van der Waals surface area contributed by atoms with Gasteiger partial charge < -0.3 is 14.8 Å². The second kappa shape index (κ2) is 11.0. The Morgan fingerprint density at radius 3 is 2.34 bits per heavy atom. The summed E-state index contributed by atoms with van der Waals surface area (Å²) >= 11 is 6.96. The Hall–Kier alpha value is -3.17. The van der Waals surface area contributed by atoms with E-state index in [4.69, 9.17) is 9.47 Å². The third kappa shape index (κ3) is 6.10. The van der Waals surface area contributed by atoms with Gasteiger partial charge in [0.1, 0.15) is 18.1 Å². The Balaban J connectivity index is 1.54. The van der Waals surface area contributed by atoms with Crippen molar-refractivity contribution in [3.63, 3.8) is 0 Å². The lowest BCUT2D eigenvalue weighted by molar-refractivity contribution is -0.123. The van der Waals surface area contributed by atoms with E-state index in [0.29, 0.717) is 40.3 Å². The molecule has 0 atom stereocenters. The monoisotopic (exact) mass is 602 g/mol. The van der Waals surface area contributed by atoms with E-state index >= 15 is 0 Å². The van der Waals surface area contributed by atoms with Gasteiger partial charge in [0.15, 0.2) is 11.5 Å². The molecule has 1 fully saturated rings. The van der Waals surface area contributed by atoms with Crippen molar-refractivity contribution in [2.45, 2.75) is 20.1 Å². The molecule has 0 radical (unpaired) electrons. The van der Waals surface area contributed by atoms with Crippen molar-refractivity contribution in [3.8, 4) is 11.5 Å². The standard InChI is InChI=1S/C26H21Br2FN2O4/c1-2-34-23-13-18(11-21(28)24(23)35-15-17-3-7-19(27)8-4-17)12-22-25(32)31(26(33)30-22)14-16-5-9-20(29)10-6-16/h3-13H,2,14-15H2,1H3,(H,30,33)/b22-12+. The maximum absolute atomic E-state index is 13.2. The summed E-state index contributed by atoms with van der Waals surface area (Å²) in [6.45, 7) is 2.67. The number of imide groups is 1. The minimum atomic E-state index is -0.538. The molecule has 4 rings (SSSR count). The van der Waals surface area contributed by atoms with E-state index in [1.54, 1.807) is 18.2 Å². The molecule has 3 aromatic carbocycles. The van der Waals surface area contributed by atoms with Crippen molar-refractivity contribution in [1.29, 1.82) is 0 Å². The third-order valence-corrected chi connectivity index (χ3v) is 6.27. The lowest BCUT2D eigenvalue weighted by Gasteiger charge is -2.15. The second-order valence-electron chi connectivity index (χ2n) is 7.68. The maximum atomic E-state index is 13.2. The molecule has 6 nitrogen and oxygen atoms in total. The maximum Gasteiger partial charge on any atom is 0.329 e. The van der Waals surface area contributed by atoms with E-state index < -0.39 is 11.9 Å². The summed E-state index contributed by atoms with van der Waals surface area (Å²) in [5.41, 5.74) is 2.41. The van der Waals surface area contributed by atoms with Gasteiger partial charge in [-0.25, -0.2) is 9.18 Å². The van der Waals surface area contributed by atoms with Crippen molar-refractivity contribution < 1.29 is 23.5 Å². The van der Waals surface area contributed by atoms with Gasteiger partial charge in [0.2, 0.25) is 0 Å². The fraction of sp³-hybridized carbons (Fsp3) is 0.154. The van der Waals surface area contributed by atoms with Crippen LogP contribution in [-0.4, -0.2) is 23.4 Å². The predicted octanol–water partition coefficient (Wildman–Crippen LogP) is 6.42. The van der Waals surface area contributed by atoms with Crippen LogP contribution in [0.15, 0.2) is 75.3 Å². The van der Waals surface area contributed by atoms with Gasteiger partial charge in [-0.05, 0) is 82.0 Å². The molecule has 1 saturated heterocycles. The fourth-order valence-electron chi connectivity index (χ4n) is 3.46. The number of benzene rings is 3. The normalized spacial score (nSPS) is 14.4. The molecule has 0 aromatic heterocycles. The molecule has 0 saturated carbocycles. The molecule has 3 amide bonds. The quantitative estimate of drug-likeness (QED) is 0.238. The highest BCUT2D eigenvalue weighted by Gasteiger charge is 2.33. The zero-order valence-electron chi connectivity index (χ0n) is 18.7. The molecular formula is C26H21Br2FN2O4. The van der Waals surface area contributed by atoms with E-state index in [-0.39, 0.29) is 18.1 Å². The average Bonchev–Trinajstić information content (AvgIpc) is 3.08. The van der Waals surface area contributed by atoms with Gasteiger partial charge in [-0.15, -0.1) is 0 Å². The first-order chi connectivity index (χ1) is 16.8. The largest absolute Gasteiger partial charge is 0.490 e. The predicted molar refractivity (Wildman–Crippen MR) is 137 cm³/mol. The van der Waals surface area contributed by atoms with Gasteiger partial charge in [-0.2, -0.15) is 0 Å². The number of nitrogens with zero attached hydrogens (tertiary/aromatic N) is 1. The van der Waals surface area contributed by atoms with E-state index in [0.717, 1.165) is 14.9 Å². The van der Waals surface area contributed by atoms with Crippen molar-refractivity contribution in [1.82, 2.24) is 10.2 Å². The smallest absolute Gasteiger partial charge is 0.329 e. The van der Waals surface area contributed by atoms with Crippen LogP contribution in [0.4, 0.5) is 9.18 Å². The minimum Gasteiger partial charge on any atom is -0.490 e. The van der Waals surface area contributed by atoms with Crippen LogP contribution in [0.3, 0.4) is 0 Å². The molecule has 0 unspecified atom stereocenters. The zero-order valence-corrected chi connectivity index (χ0v) is 21.9. The van der Waals surface area contributed by atoms with Gasteiger partial charge in [0, 0.05) is 4.47 Å². The first-order valence-corrected chi connectivity index (χ1v) is 12.3. The van der Waals surface area contributed by atoms with Crippen LogP contribution in [-0.2, 0) is 17.9 Å². The molecule has 9 heteroatoms. The summed E-state index contributed by atoms with van der Waals surface area (Å²) in [5.74, 6) is 0.192. The number of carbonyl (C=O) groups excluding carboxylic acids is 2. The van der Waals surface area contributed by atoms with Crippen molar-refractivity contribution >= 4 is 49.9 Å². The van der Waals surface area contributed by atoms with Crippen LogP contribution in [0.1, 0.15) is 23.6 Å². The zero-order chi connectivity index (χ0) is 24.9. The lowest BCUT2D eigenvalue weighted by atomic mass is 10.1. The first-order valence-electron chi connectivity index (χ1n) is 10.8. The SMILES string of the molecule is CCOc1cc(/C=C2/NC(=O)N(Cc3ccc(F)cc3)C2=O)cc(Br)c1OCc1ccc(Br)cc1. The summed E-state index contributed by atoms with van der Waals surface area (Å²) < 4.78 is 26.6. The number of halogens is 3. The molecular weight excluding hydrogens is 583 g/mol. The van der Waals surface area contributed by atoms with Crippen molar-refractivity contribution in [2.24, 2.45) is 0 Å². The average molecular weight is 604 g/mol. The van der Waals surface area contributed by atoms with Crippen LogP contribution in [0, 0.1) is 5.82 Å². The summed E-state index contributed by atoms with van der Waals surface area (Å²) in [4.78, 5) is 26.4. The number of hydrogen-bond donors (Lipinski definition) is 1. The van der Waals surface area contributed by atoms with Crippen LogP contribution in [0.25, 0.3) is 6.08 Å². The van der Waals surface area contributed by atoms with E-state index in [9.17, 15) is 14.0 Å². The highest BCUT2D eigenvalue weighted by molar-refractivity contribution is 9.10. The Labute approximate surface area is 219 Å². The molecule has 0 spiro atoms. The molecule has 3 aromatic rings. The summed E-state index contributed by atoms with van der Waals surface area (Å²) in [6.07, 6.45) is 1.58. The van der Waals surface area contributed by atoms with E-state index in [2.05, 4.69) is 37.2 Å². The third-order valence-electron chi connectivity index (χ3n) is 5.16. The Morgan fingerprint density at radius 2 is 1.66 bits per heavy atom. The van der Waals surface area contributed by atoms with Gasteiger partial charge >= 0.3 is 6.03 Å². The molecule has 0 aliphatic carbocycles. The number of hydrogen-bond acceptors (Lipinski definition) is 4. The van der Waals surface area contributed by atoms with E-state index in [1.165, 1.54) is 24.3 Å². The molecule has 1 heterocycles. The van der Waals surface area contributed by atoms with Crippen LogP contribution in [0.5, 0.6) is 11.5 Å². The first kappa shape index (κ1) is 24.9. The molecule has 1 N–H and O–H groups in total. The lowest BCUT2D eigenvalue weighted by Crippen LogP contribution is -2.30. The van der Waals surface area contributed by atoms with Gasteiger partial charge in [0.05, 0.1) is 17.6 Å². The number of ether oxygens (including phenoxy) is 2. The van der Waals surface area contributed by atoms with Crippen LogP contribution < -0.4 is 14.8 Å². The van der Waals surface area contributed by atoms with Gasteiger partial charge in [0.25, 0.3) is 5.91 Å². The Bertz CT molecular complexity index is 1280. The number of amides is 3. The second-order valence-corrected chi connectivity index (χ2v) is 9.45. The minimum absolute atomic E-state index is 0.0407. The highest BCUT2D eigenvalue weighted by Crippen LogP contribution is 2.38. The van der Waals surface area contributed by atoms with Gasteiger partial charge in [-0.3, -0.25) is 9.69 Å². The van der Waals surface area contributed by atoms with Crippen LogP contribution in [0.2, 0.25) is 0 Å². The van der Waals surface area contributed by atoms with Crippen molar-refractivity contribution in [2.75, 3.05) is 6.61 Å². The van der Waals surface area contributed by atoms with Crippen LogP contribution >= 0.6 is 31.9 Å². The molecule has 0 bridgehead atoms. The number of carbonyl (C=O) groups is 2. The van der Waals surface area contributed by atoms with Crippen molar-refractivity contribution in [3.05, 3.63) is 97.8 Å². The van der Waals surface area contributed by atoms with E-state index in [1.807, 2.05) is 31.2 Å². The summed E-state index contributed by atoms with van der Waals surface area (Å²) in [7, 11) is 0. The molecule has 35 heavy (non-hydrogen) atoms. The summed E-state index contributed by atoms with van der Waals surface area (Å²) in [5, 5.41) is 2.60. The highest BCUT2D eigenvalue weighted by atomic mass is 79.9. The Morgan fingerprint density at radius 1 is 0.971 bits per heavy atom. The molecule has 180 valence electrons. The molecule has 1 aliphatic rings. The number of rotatable bonds is 8. The summed E-state index contributed by atoms with van der Waals surface area (Å²) in [6, 6.07) is 16.5. The Kier molecular flexibility index (Phi) is 7.87.